The number of halogens is 4. The molecule has 0 bridgehead atoms. The average Bonchev–Trinajstić information content (AvgIpc) is 2.68. The van der Waals surface area contributed by atoms with E-state index in [1.54, 1.807) is 11.3 Å². The number of hydrogen-bond donors (Lipinski definition) is 0. The number of hydrogen-bond acceptors (Lipinski definition) is 1. The second kappa shape index (κ2) is 5.40. The van der Waals surface area contributed by atoms with Gasteiger partial charge in [0.25, 0.3) is 0 Å². The van der Waals surface area contributed by atoms with E-state index in [1.165, 1.54) is 4.88 Å². The minimum Gasteiger partial charge on any atom is -0.127 e. The van der Waals surface area contributed by atoms with Crippen molar-refractivity contribution in [3.8, 4) is 0 Å². The first kappa shape index (κ1) is 12.9. The van der Waals surface area contributed by atoms with E-state index < -0.39 is 0 Å². The molecule has 84 valence electrons. The van der Waals surface area contributed by atoms with Crippen LogP contribution in [0.4, 0.5) is 0 Å². The molecular weight excluding hydrogens is 395 g/mol. The van der Waals surface area contributed by atoms with Crippen molar-refractivity contribution in [3.63, 3.8) is 0 Å². The van der Waals surface area contributed by atoms with Gasteiger partial charge in [0, 0.05) is 9.35 Å². The van der Waals surface area contributed by atoms with Crippen LogP contribution in [0.25, 0.3) is 0 Å². The average molecular weight is 401 g/mol. The van der Waals surface area contributed by atoms with Crippen LogP contribution >= 0.6 is 66.4 Å². The molecule has 2 rings (SSSR count). The van der Waals surface area contributed by atoms with Gasteiger partial charge in [0.05, 0.1) is 14.2 Å². The van der Waals surface area contributed by atoms with Gasteiger partial charge in [-0.25, -0.2) is 0 Å². The van der Waals surface area contributed by atoms with Crippen molar-refractivity contribution in [2.24, 2.45) is 0 Å². The van der Waals surface area contributed by atoms with Gasteiger partial charge in [-0.05, 0) is 45.8 Å². The highest BCUT2D eigenvalue weighted by molar-refractivity contribution is 9.10. The van der Waals surface area contributed by atoms with Crippen molar-refractivity contribution < 1.29 is 0 Å². The minimum atomic E-state index is 0.135. The SMILES string of the molecule is Clc1ccc(C(Br)c2ccc(Br)c(Cl)c2)s1. The molecule has 0 radical (unpaired) electrons. The minimum absolute atomic E-state index is 0.135. The van der Waals surface area contributed by atoms with Crippen molar-refractivity contribution >= 4 is 66.4 Å². The van der Waals surface area contributed by atoms with Crippen LogP contribution in [-0.2, 0) is 0 Å². The first-order chi connectivity index (χ1) is 7.58. The molecule has 1 aromatic heterocycles. The number of rotatable bonds is 2. The van der Waals surface area contributed by atoms with Gasteiger partial charge in [-0.1, -0.05) is 45.2 Å². The maximum absolute atomic E-state index is 6.06. The molecule has 16 heavy (non-hydrogen) atoms. The number of alkyl halides is 1. The van der Waals surface area contributed by atoms with Crippen LogP contribution in [0.3, 0.4) is 0 Å². The highest BCUT2D eigenvalue weighted by atomic mass is 79.9. The Morgan fingerprint density at radius 2 is 1.88 bits per heavy atom. The molecule has 0 aliphatic rings. The molecule has 0 amide bonds. The van der Waals surface area contributed by atoms with E-state index in [-0.39, 0.29) is 4.83 Å². The lowest BCUT2D eigenvalue weighted by Gasteiger charge is -2.09. The van der Waals surface area contributed by atoms with Gasteiger partial charge in [0.15, 0.2) is 0 Å². The highest BCUT2D eigenvalue weighted by Crippen LogP contribution is 2.38. The zero-order chi connectivity index (χ0) is 11.7. The summed E-state index contributed by atoms with van der Waals surface area (Å²) < 4.78 is 1.70. The topological polar surface area (TPSA) is 0 Å². The van der Waals surface area contributed by atoms with Crippen LogP contribution in [0.2, 0.25) is 9.36 Å². The fourth-order valence-corrected chi connectivity index (χ4v) is 3.52. The summed E-state index contributed by atoms with van der Waals surface area (Å²) in [6.45, 7) is 0. The van der Waals surface area contributed by atoms with E-state index in [2.05, 4.69) is 31.9 Å². The summed E-state index contributed by atoms with van der Waals surface area (Å²) in [5.74, 6) is 0. The third-order valence-corrected chi connectivity index (χ3v) is 5.93. The van der Waals surface area contributed by atoms with Crippen LogP contribution in [0, 0.1) is 0 Å². The van der Waals surface area contributed by atoms with Gasteiger partial charge in [-0.2, -0.15) is 0 Å². The van der Waals surface area contributed by atoms with Crippen molar-refractivity contribution in [1.82, 2.24) is 0 Å². The molecule has 1 unspecified atom stereocenters. The second-order valence-corrected chi connectivity index (χ2v) is 7.10. The highest BCUT2D eigenvalue weighted by Gasteiger charge is 2.13. The Morgan fingerprint density at radius 3 is 2.44 bits per heavy atom. The van der Waals surface area contributed by atoms with Crippen LogP contribution < -0.4 is 0 Å². The van der Waals surface area contributed by atoms with E-state index in [1.807, 2.05) is 30.3 Å². The molecule has 2 aromatic rings. The van der Waals surface area contributed by atoms with Gasteiger partial charge < -0.3 is 0 Å². The summed E-state index contributed by atoms with van der Waals surface area (Å²) >= 11 is 20.6. The summed E-state index contributed by atoms with van der Waals surface area (Å²) in [7, 11) is 0. The Kier molecular flexibility index (Phi) is 4.36. The Balaban J connectivity index is 2.33. The summed E-state index contributed by atoms with van der Waals surface area (Å²) in [6, 6.07) is 9.83. The fraction of sp³-hybridized carbons (Fsp3) is 0.0909. The molecule has 0 aliphatic heterocycles. The predicted octanol–water partition coefficient (Wildman–Crippen LogP) is 6.30. The van der Waals surface area contributed by atoms with Crippen LogP contribution in [0.15, 0.2) is 34.8 Å². The molecule has 0 N–H and O–H groups in total. The molecule has 1 atom stereocenters. The molecule has 0 saturated heterocycles. The first-order valence-electron chi connectivity index (χ1n) is 4.42. The third kappa shape index (κ3) is 2.82. The van der Waals surface area contributed by atoms with Gasteiger partial charge in [-0.3, -0.25) is 0 Å². The molecular formula is C11H6Br2Cl2S. The smallest absolute Gasteiger partial charge is 0.0931 e. The normalized spacial score (nSPS) is 12.8. The lowest BCUT2D eigenvalue weighted by atomic mass is 10.1. The third-order valence-electron chi connectivity index (χ3n) is 2.08. The zero-order valence-electron chi connectivity index (χ0n) is 7.88. The van der Waals surface area contributed by atoms with Crippen LogP contribution in [-0.4, -0.2) is 0 Å². The largest absolute Gasteiger partial charge is 0.127 e. The molecule has 0 fully saturated rings. The first-order valence-corrected chi connectivity index (χ1v) is 7.70. The molecule has 0 nitrogen and oxygen atoms in total. The Morgan fingerprint density at radius 1 is 1.12 bits per heavy atom. The summed E-state index contributed by atoms with van der Waals surface area (Å²) in [5.41, 5.74) is 1.12. The Hall–Kier alpha value is 0.460. The molecule has 0 spiro atoms. The zero-order valence-corrected chi connectivity index (χ0v) is 13.4. The van der Waals surface area contributed by atoms with Crippen molar-refractivity contribution in [2.75, 3.05) is 0 Å². The molecule has 1 heterocycles. The van der Waals surface area contributed by atoms with E-state index >= 15 is 0 Å². The molecule has 5 heteroatoms. The second-order valence-electron chi connectivity index (χ2n) is 3.18. The quantitative estimate of drug-likeness (QED) is 0.519. The maximum atomic E-state index is 6.06. The van der Waals surface area contributed by atoms with Gasteiger partial charge >= 0.3 is 0 Å². The summed E-state index contributed by atoms with van der Waals surface area (Å²) in [5, 5.41) is 0.713. The van der Waals surface area contributed by atoms with Crippen molar-refractivity contribution in [2.45, 2.75) is 4.83 Å². The van der Waals surface area contributed by atoms with Crippen LogP contribution in [0.5, 0.6) is 0 Å². The van der Waals surface area contributed by atoms with Gasteiger partial charge in [-0.15, -0.1) is 11.3 Å². The summed E-state index contributed by atoms with van der Waals surface area (Å²) in [4.78, 5) is 1.30. The molecule has 1 aromatic carbocycles. The molecule has 0 saturated carbocycles. The van der Waals surface area contributed by atoms with Crippen molar-refractivity contribution in [1.29, 1.82) is 0 Å². The standard InChI is InChI=1S/C11H6Br2Cl2S/c12-7-2-1-6(5-8(7)14)11(13)9-3-4-10(15)16-9/h1-5,11H. The van der Waals surface area contributed by atoms with E-state index in [4.69, 9.17) is 23.2 Å². The monoisotopic (exact) mass is 398 g/mol. The van der Waals surface area contributed by atoms with E-state index in [0.29, 0.717) is 5.02 Å². The lowest BCUT2D eigenvalue weighted by molar-refractivity contribution is 1.22. The predicted molar refractivity (Wildman–Crippen MR) is 79.3 cm³/mol. The van der Waals surface area contributed by atoms with Crippen molar-refractivity contribution in [3.05, 3.63) is 54.6 Å². The molecule has 0 aliphatic carbocycles. The maximum Gasteiger partial charge on any atom is 0.0931 e. The fourth-order valence-electron chi connectivity index (χ4n) is 1.30. The number of thiophene rings is 1. The summed E-state index contributed by atoms with van der Waals surface area (Å²) in [6.07, 6.45) is 0. The van der Waals surface area contributed by atoms with E-state index in [9.17, 15) is 0 Å². The van der Waals surface area contributed by atoms with Gasteiger partial charge in [0.2, 0.25) is 0 Å². The van der Waals surface area contributed by atoms with Crippen LogP contribution in [0.1, 0.15) is 15.3 Å². The van der Waals surface area contributed by atoms with E-state index in [0.717, 1.165) is 14.4 Å². The Labute approximate surface area is 125 Å². The Bertz CT molecular complexity index is 510. The van der Waals surface area contributed by atoms with Gasteiger partial charge in [0.1, 0.15) is 0 Å². The number of benzene rings is 1. The lowest BCUT2D eigenvalue weighted by Crippen LogP contribution is -1.89.